The lowest BCUT2D eigenvalue weighted by Crippen LogP contribution is -2.34. The summed E-state index contributed by atoms with van der Waals surface area (Å²) in [6.45, 7) is 7.82. The molecule has 1 heterocycles. The molecule has 2 nitrogen and oxygen atoms in total. The molecule has 0 spiro atoms. The van der Waals surface area contributed by atoms with Gasteiger partial charge in [0.15, 0.2) is 0 Å². The first-order valence-electron chi connectivity index (χ1n) is 8.23. The van der Waals surface area contributed by atoms with Crippen LogP contribution in [0.5, 0.6) is 0 Å². The Kier molecular flexibility index (Phi) is 6.59. The number of rotatable bonds is 5. The zero-order valence-corrected chi connectivity index (χ0v) is 14.5. The summed E-state index contributed by atoms with van der Waals surface area (Å²) in [5.74, 6) is 1.69. The maximum absolute atomic E-state index is 6.10. The van der Waals surface area contributed by atoms with Gasteiger partial charge in [-0.2, -0.15) is 0 Å². The predicted molar refractivity (Wildman–Crippen MR) is 93.8 cm³/mol. The molecular weight excluding hydrogens is 276 g/mol. The van der Waals surface area contributed by atoms with Crippen molar-refractivity contribution in [3.05, 3.63) is 29.8 Å². The van der Waals surface area contributed by atoms with Crippen molar-refractivity contribution < 1.29 is 0 Å². The van der Waals surface area contributed by atoms with Crippen molar-refractivity contribution in [3.8, 4) is 0 Å². The van der Waals surface area contributed by atoms with E-state index in [0.717, 1.165) is 11.8 Å². The summed E-state index contributed by atoms with van der Waals surface area (Å²) >= 11 is 1.79. The summed E-state index contributed by atoms with van der Waals surface area (Å²) in [6, 6.07) is 9.34. The highest BCUT2D eigenvalue weighted by atomic mass is 32.2. The molecule has 21 heavy (non-hydrogen) atoms. The lowest BCUT2D eigenvalue weighted by molar-refractivity contribution is 0.204. The van der Waals surface area contributed by atoms with Crippen molar-refractivity contribution >= 4 is 11.8 Å². The van der Waals surface area contributed by atoms with Crippen LogP contribution in [0.1, 0.15) is 44.7 Å². The Balaban J connectivity index is 2.05. The molecule has 2 rings (SSSR count). The molecule has 0 saturated carbocycles. The van der Waals surface area contributed by atoms with E-state index >= 15 is 0 Å². The summed E-state index contributed by atoms with van der Waals surface area (Å²) in [7, 11) is 0. The average Bonchev–Trinajstić information content (AvgIpc) is 2.75. The highest BCUT2D eigenvalue weighted by Gasteiger charge is 2.24. The Morgan fingerprint density at radius 2 is 1.90 bits per heavy atom. The molecule has 2 N–H and O–H groups in total. The summed E-state index contributed by atoms with van der Waals surface area (Å²) in [5.41, 5.74) is 7.48. The quantitative estimate of drug-likeness (QED) is 0.828. The minimum absolute atomic E-state index is 0.381. The molecule has 0 radical (unpaired) electrons. The fourth-order valence-electron chi connectivity index (χ4n) is 3.44. The molecule has 0 bridgehead atoms. The lowest BCUT2D eigenvalue weighted by atomic mass is 9.89. The lowest BCUT2D eigenvalue weighted by Gasteiger charge is -2.30. The summed E-state index contributed by atoms with van der Waals surface area (Å²) in [5, 5.41) is 0. The van der Waals surface area contributed by atoms with Gasteiger partial charge >= 0.3 is 0 Å². The molecule has 0 aliphatic carbocycles. The molecule has 1 fully saturated rings. The minimum atomic E-state index is 0.381. The number of hydrogen-bond acceptors (Lipinski definition) is 3. The molecule has 1 aromatic rings. The van der Waals surface area contributed by atoms with Crippen LogP contribution in [0.2, 0.25) is 0 Å². The van der Waals surface area contributed by atoms with E-state index in [1.165, 1.54) is 42.8 Å². The molecule has 2 unspecified atom stereocenters. The standard InChI is InChI=1S/C18H30N2S/c1-14(2)15-5-4-11-20(12-10-15)18(13-19)16-6-8-17(21-3)9-7-16/h6-9,14-15,18H,4-5,10-13,19H2,1-3H3. The van der Waals surface area contributed by atoms with Gasteiger partial charge in [0.2, 0.25) is 0 Å². The van der Waals surface area contributed by atoms with Crippen LogP contribution in [-0.2, 0) is 0 Å². The number of nitrogens with two attached hydrogens (primary N) is 1. The summed E-state index contributed by atoms with van der Waals surface area (Å²) in [6.07, 6.45) is 6.12. The van der Waals surface area contributed by atoms with Gasteiger partial charge in [-0.25, -0.2) is 0 Å². The van der Waals surface area contributed by atoms with Crippen molar-refractivity contribution in [2.45, 2.75) is 44.0 Å². The zero-order valence-electron chi connectivity index (χ0n) is 13.7. The molecule has 3 heteroatoms. The molecular formula is C18H30N2S. The van der Waals surface area contributed by atoms with Gasteiger partial charge in [0.05, 0.1) is 0 Å². The third kappa shape index (κ3) is 4.48. The van der Waals surface area contributed by atoms with Crippen molar-refractivity contribution in [2.24, 2.45) is 17.6 Å². The summed E-state index contributed by atoms with van der Waals surface area (Å²) < 4.78 is 0. The Labute approximate surface area is 134 Å². The van der Waals surface area contributed by atoms with Crippen molar-refractivity contribution in [1.82, 2.24) is 4.90 Å². The maximum Gasteiger partial charge on any atom is 0.0470 e. The van der Waals surface area contributed by atoms with E-state index in [-0.39, 0.29) is 0 Å². The van der Waals surface area contributed by atoms with E-state index in [0.29, 0.717) is 12.6 Å². The van der Waals surface area contributed by atoms with Crippen LogP contribution in [0.4, 0.5) is 0 Å². The molecule has 2 atom stereocenters. The number of likely N-dealkylation sites (tertiary alicyclic amines) is 1. The third-order valence-corrected chi connectivity index (χ3v) is 5.66. The Morgan fingerprint density at radius 1 is 1.19 bits per heavy atom. The fraction of sp³-hybridized carbons (Fsp3) is 0.667. The van der Waals surface area contributed by atoms with Crippen LogP contribution >= 0.6 is 11.8 Å². The van der Waals surface area contributed by atoms with Crippen LogP contribution in [0.3, 0.4) is 0 Å². The highest BCUT2D eigenvalue weighted by Crippen LogP contribution is 2.29. The first-order valence-corrected chi connectivity index (χ1v) is 9.46. The molecule has 1 aliphatic rings. The maximum atomic E-state index is 6.10. The van der Waals surface area contributed by atoms with Gasteiger partial charge in [0.1, 0.15) is 0 Å². The average molecular weight is 307 g/mol. The molecule has 1 aliphatic heterocycles. The molecule has 0 amide bonds. The third-order valence-electron chi connectivity index (χ3n) is 4.91. The van der Waals surface area contributed by atoms with Crippen LogP contribution in [0.25, 0.3) is 0 Å². The Bertz CT molecular complexity index is 416. The number of benzene rings is 1. The first kappa shape index (κ1) is 16.9. The monoisotopic (exact) mass is 306 g/mol. The van der Waals surface area contributed by atoms with E-state index in [2.05, 4.69) is 49.3 Å². The zero-order chi connectivity index (χ0) is 15.2. The second-order valence-electron chi connectivity index (χ2n) is 6.50. The van der Waals surface area contributed by atoms with Crippen LogP contribution in [-0.4, -0.2) is 30.8 Å². The minimum Gasteiger partial charge on any atom is -0.329 e. The molecule has 1 aromatic carbocycles. The van der Waals surface area contributed by atoms with Gasteiger partial charge in [-0.1, -0.05) is 26.0 Å². The molecule has 1 saturated heterocycles. The topological polar surface area (TPSA) is 29.3 Å². The number of nitrogens with zero attached hydrogens (tertiary/aromatic N) is 1. The van der Waals surface area contributed by atoms with Gasteiger partial charge < -0.3 is 5.73 Å². The van der Waals surface area contributed by atoms with Gasteiger partial charge in [0, 0.05) is 17.5 Å². The van der Waals surface area contributed by atoms with E-state index < -0.39 is 0 Å². The predicted octanol–water partition coefficient (Wildman–Crippen LogP) is 4.17. The second kappa shape index (κ2) is 8.21. The number of hydrogen-bond donors (Lipinski definition) is 1. The van der Waals surface area contributed by atoms with Gasteiger partial charge in [-0.05, 0) is 68.1 Å². The Hall–Kier alpha value is -0.510. The van der Waals surface area contributed by atoms with E-state index in [1.54, 1.807) is 11.8 Å². The Morgan fingerprint density at radius 3 is 2.48 bits per heavy atom. The second-order valence-corrected chi connectivity index (χ2v) is 7.38. The van der Waals surface area contributed by atoms with E-state index in [1.807, 2.05) is 0 Å². The normalized spacial score (nSPS) is 22.2. The van der Waals surface area contributed by atoms with E-state index in [9.17, 15) is 0 Å². The smallest absolute Gasteiger partial charge is 0.0470 e. The van der Waals surface area contributed by atoms with Crippen molar-refractivity contribution in [2.75, 3.05) is 25.9 Å². The van der Waals surface area contributed by atoms with Gasteiger partial charge in [0.25, 0.3) is 0 Å². The van der Waals surface area contributed by atoms with Gasteiger partial charge in [-0.15, -0.1) is 11.8 Å². The SMILES string of the molecule is CSc1ccc(C(CN)N2CCCC(C(C)C)CC2)cc1. The fourth-order valence-corrected chi connectivity index (χ4v) is 3.85. The summed E-state index contributed by atoms with van der Waals surface area (Å²) in [4.78, 5) is 3.93. The molecule has 118 valence electrons. The molecule has 0 aromatic heterocycles. The number of thioether (sulfide) groups is 1. The highest BCUT2D eigenvalue weighted by molar-refractivity contribution is 7.98. The van der Waals surface area contributed by atoms with Crippen molar-refractivity contribution in [3.63, 3.8) is 0 Å². The largest absolute Gasteiger partial charge is 0.329 e. The van der Waals surface area contributed by atoms with Crippen molar-refractivity contribution in [1.29, 1.82) is 0 Å². The van der Waals surface area contributed by atoms with Crippen LogP contribution in [0.15, 0.2) is 29.2 Å². The van der Waals surface area contributed by atoms with Crippen LogP contribution in [0, 0.1) is 11.8 Å². The van der Waals surface area contributed by atoms with Crippen LogP contribution < -0.4 is 5.73 Å². The van der Waals surface area contributed by atoms with Gasteiger partial charge in [-0.3, -0.25) is 4.90 Å². The first-order chi connectivity index (χ1) is 10.2. The van der Waals surface area contributed by atoms with E-state index in [4.69, 9.17) is 5.73 Å².